The van der Waals surface area contributed by atoms with Crippen LogP contribution in [0.2, 0.25) is 0 Å². The number of nitrogens with zero attached hydrogens (tertiary/aromatic N) is 2. The smallest absolute Gasteiger partial charge is 0.361 e. The van der Waals surface area contributed by atoms with E-state index in [9.17, 15) is 4.79 Å². The lowest BCUT2D eigenvalue weighted by atomic mass is 10.3. The fourth-order valence-corrected chi connectivity index (χ4v) is 2.16. The van der Waals surface area contributed by atoms with Gasteiger partial charge in [-0.2, -0.15) is 10.3 Å². The van der Waals surface area contributed by atoms with Crippen LogP contribution in [0.25, 0.3) is 10.6 Å². The zero-order valence-corrected chi connectivity index (χ0v) is 9.80. The summed E-state index contributed by atoms with van der Waals surface area (Å²) >= 11 is 1.56. The molecular formula is C10H11N3O2S. The fraction of sp³-hybridized carbons (Fsp3) is 0.300. The minimum absolute atomic E-state index is 0.240. The molecule has 2 aromatic rings. The number of nitrogens with one attached hydrogen (secondary N) is 1. The molecular weight excluding hydrogens is 226 g/mol. The molecule has 0 radical (unpaired) electrons. The van der Waals surface area contributed by atoms with Crippen molar-refractivity contribution in [2.45, 2.75) is 13.8 Å². The standard InChI is InChI=1S/C10H11N3O2S/c1-3-15-10(14)9-8(11-13-12-9)7-5-4-6(2)16-7/h4-5H,3H2,1-2H3,(H,11,12,13). The van der Waals surface area contributed by atoms with Crippen molar-refractivity contribution in [2.75, 3.05) is 6.61 Å². The number of rotatable bonds is 3. The predicted molar refractivity (Wildman–Crippen MR) is 60.4 cm³/mol. The van der Waals surface area contributed by atoms with E-state index in [-0.39, 0.29) is 5.69 Å². The molecule has 2 aromatic heterocycles. The number of aryl methyl sites for hydroxylation is 1. The Balaban J connectivity index is 2.36. The molecule has 2 heterocycles. The van der Waals surface area contributed by atoms with Gasteiger partial charge in [-0.1, -0.05) is 0 Å². The molecule has 0 saturated heterocycles. The number of hydrogen-bond acceptors (Lipinski definition) is 5. The summed E-state index contributed by atoms with van der Waals surface area (Å²) in [6.07, 6.45) is 0. The lowest BCUT2D eigenvalue weighted by molar-refractivity contribution is 0.0520. The maximum atomic E-state index is 11.6. The van der Waals surface area contributed by atoms with Crippen molar-refractivity contribution >= 4 is 17.3 Å². The molecule has 0 aliphatic heterocycles. The van der Waals surface area contributed by atoms with Crippen molar-refractivity contribution in [1.82, 2.24) is 15.4 Å². The Labute approximate surface area is 96.4 Å². The maximum Gasteiger partial charge on any atom is 0.361 e. The number of hydrogen-bond donors (Lipinski definition) is 1. The van der Waals surface area contributed by atoms with E-state index in [0.29, 0.717) is 12.3 Å². The Kier molecular flexibility index (Phi) is 3.00. The molecule has 1 N–H and O–H groups in total. The molecule has 2 rings (SSSR count). The van der Waals surface area contributed by atoms with Crippen molar-refractivity contribution in [1.29, 1.82) is 0 Å². The third-order valence-corrected chi connectivity index (χ3v) is 3.00. The van der Waals surface area contributed by atoms with Gasteiger partial charge in [0.05, 0.1) is 11.5 Å². The number of carbonyl (C=O) groups excluding carboxylic acids is 1. The van der Waals surface area contributed by atoms with Crippen molar-refractivity contribution in [3.63, 3.8) is 0 Å². The summed E-state index contributed by atoms with van der Waals surface area (Å²) in [5.74, 6) is -0.447. The van der Waals surface area contributed by atoms with E-state index in [1.54, 1.807) is 18.3 Å². The van der Waals surface area contributed by atoms with E-state index in [1.165, 1.54) is 0 Å². The number of H-pyrrole nitrogens is 1. The van der Waals surface area contributed by atoms with Crippen LogP contribution in [0.3, 0.4) is 0 Å². The highest BCUT2D eigenvalue weighted by atomic mass is 32.1. The van der Waals surface area contributed by atoms with Gasteiger partial charge in [0.25, 0.3) is 0 Å². The summed E-state index contributed by atoms with van der Waals surface area (Å²) in [5, 5.41) is 10.2. The van der Waals surface area contributed by atoms with Gasteiger partial charge in [0, 0.05) is 4.88 Å². The van der Waals surface area contributed by atoms with Crippen LogP contribution in [0.5, 0.6) is 0 Å². The molecule has 0 bridgehead atoms. The zero-order chi connectivity index (χ0) is 11.5. The first-order valence-corrected chi connectivity index (χ1v) is 5.68. The Bertz CT molecular complexity index is 504. The third kappa shape index (κ3) is 1.96. The Hall–Kier alpha value is -1.69. The highest BCUT2D eigenvalue weighted by Gasteiger charge is 2.19. The van der Waals surface area contributed by atoms with E-state index < -0.39 is 5.97 Å². The molecule has 6 heteroatoms. The summed E-state index contributed by atoms with van der Waals surface area (Å²) in [6, 6.07) is 3.89. The molecule has 0 amide bonds. The maximum absolute atomic E-state index is 11.6. The van der Waals surface area contributed by atoms with Gasteiger partial charge in [0.2, 0.25) is 0 Å². The minimum Gasteiger partial charge on any atom is -0.461 e. The van der Waals surface area contributed by atoms with Gasteiger partial charge < -0.3 is 4.74 Å². The highest BCUT2D eigenvalue weighted by molar-refractivity contribution is 7.15. The van der Waals surface area contributed by atoms with Gasteiger partial charge in [-0.25, -0.2) is 4.79 Å². The summed E-state index contributed by atoms with van der Waals surface area (Å²) in [6.45, 7) is 4.08. The second-order valence-electron chi connectivity index (χ2n) is 3.15. The SMILES string of the molecule is CCOC(=O)c1n[nH]nc1-c1ccc(C)s1. The number of aromatic nitrogens is 3. The highest BCUT2D eigenvalue weighted by Crippen LogP contribution is 2.27. The zero-order valence-electron chi connectivity index (χ0n) is 8.98. The van der Waals surface area contributed by atoms with Crippen LogP contribution in [0, 0.1) is 6.92 Å². The van der Waals surface area contributed by atoms with Crippen LogP contribution in [-0.4, -0.2) is 28.0 Å². The number of thiophene rings is 1. The first-order valence-electron chi connectivity index (χ1n) is 4.87. The van der Waals surface area contributed by atoms with Crippen LogP contribution in [0.4, 0.5) is 0 Å². The van der Waals surface area contributed by atoms with Gasteiger partial charge in [-0.05, 0) is 26.0 Å². The third-order valence-electron chi connectivity index (χ3n) is 1.99. The fourth-order valence-electron chi connectivity index (χ4n) is 1.31. The summed E-state index contributed by atoms with van der Waals surface area (Å²) < 4.78 is 4.90. The average molecular weight is 237 g/mol. The van der Waals surface area contributed by atoms with Gasteiger partial charge >= 0.3 is 5.97 Å². The lowest BCUT2D eigenvalue weighted by Crippen LogP contribution is -2.06. The summed E-state index contributed by atoms with van der Waals surface area (Å²) in [5.41, 5.74) is 0.792. The summed E-state index contributed by atoms with van der Waals surface area (Å²) in [4.78, 5) is 13.6. The van der Waals surface area contributed by atoms with Crippen molar-refractivity contribution < 1.29 is 9.53 Å². The van der Waals surface area contributed by atoms with Crippen LogP contribution >= 0.6 is 11.3 Å². The van der Waals surface area contributed by atoms with E-state index in [4.69, 9.17) is 4.74 Å². The first-order chi connectivity index (χ1) is 7.72. The predicted octanol–water partition coefficient (Wildman–Crippen LogP) is 2.02. The molecule has 0 aliphatic carbocycles. The largest absolute Gasteiger partial charge is 0.461 e. The molecule has 5 nitrogen and oxygen atoms in total. The van der Waals surface area contributed by atoms with Crippen LogP contribution in [0.15, 0.2) is 12.1 Å². The van der Waals surface area contributed by atoms with Gasteiger partial charge in [-0.15, -0.1) is 16.4 Å². The van der Waals surface area contributed by atoms with E-state index in [0.717, 1.165) is 9.75 Å². The minimum atomic E-state index is -0.447. The van der Waals surface area contributed by atoms with E-state index in [2.05, 4.69) is 15.4 Å². The van der Waals surface area contributed by atoms with Crippen LogP contribution in [0.1, 0.15) is 22.3 Å². The molecule has 0 saturated carbocycles. The van der Waals surface area contributed by atoms with Crippen LogP contribution in [-0.2, 0) is 4.74 Å². The van der Waals surface area contributed by atoms with Gasteiger partial charge in [-0.3, -0.25) is 0 Å². The summed E-state index contributed by atoms with van der Waals surface area (Å²) in [7, 11) is 0. The molecule has 0 aromatic carbocycles. The van der Waals surface area contributed by atoms with E-state index in [1.807, 2.05) is 19.1 Å². The molecule has 0 unspecified atom stereocenters. The molecule has 0 aliphatic rings. The Morgan fingerprint density at radius 2 is 2.31 bits per heavy atom. The first kappa shape index (κ1) is 10.8. The number of aromatic amines is 1. The topological polar surface area (TPSA) is 67.9 Å². The monoisotopic (exact) mass is 237 g/mol. The number of ether oxygens (including phenoxy) is 1. The van der Waals surface area contributed by atoms with Crippen molar-refractivity contribution in [3.05, 3.63) is 22.7 Å². The lowest BCUT2D eigenvalue weighted by Gasteiger charge is -1.98. The van der Waals surface area contributed by atoms with Crippen molar-refractivity contribution in [3.8, 4) is 10.6 Å². The molecule has 0 atom stereocenters. The Morgan fingerprint density at radius 3 is 2.94 bits per heavy atom. The molecule has 84 valence electrons. The second-order valence-corrected chi connectivity index (χ2v) is 4.44. The molecule has 0 spiro atoms. The number of carbonyl (C=O) groups is 1. The van der Waals surface area contributed by atoms with Crippen molar-refractivity contribution in [2.24, 2.45) is 0 Å². The number of esters is 1. The van der Waals surface area contributed by atoms with Gasteiger partial charge in [0.15, 0.2) is 5.69 Å². The quantitative estimate of drug-likeness (QED) is 0.829. The average Bonchev–Trinajstić information content (AvgIpc) is 2.85. The van der Waals surface area contributed by atoms with Crippen LogP contribution < -0.4 is 0 Å². The second kappa shape index (κ2) is 4.44. The molecule has 0 fully saturated rings. The van der Waals surface area contributed by atoms with E-state index >= 15 is 0 Å². The normalized spacial score (nSPS) is 10.4. The van der Waals surface area contributed by atoms with Gasteiger partial charge in [0.1, 0.15) is 5.69 Å². The Morgan fingerprint density at radius 1 is 1.50 bits per heavy atom. The molecule has 16 heavy (non-hydrogen) atoms.